The molecule has 0 aromatic rings. The zero-order valence-electron chi connectivity index (χ0n) is 29.2. The second-order valence-electron chi connectivity index (χ2n) is 17.1. The zero-order valence-corrected chi connectivity index (χ0v) is 39.2. The van der Waals surface area contributed by atoms with Crippen LogP contribution in [0.25, 0.3) is 0 Å². The molecule has 304 valence electrons. The van der Waals surface area contributed by atoms with Gasteiger partial charge in [0.2, 0.25) is 0 Å². The molecule has 12 aliphatic rings. The van der Waals surface area contributed by atoms with Gasteiger partial charge >= 0.3 is 49.7 Å². The molecule has 24 atom stereocenters. The standard InChI is InChI=1S/4C9H9BrO4.Hf/c4*10-6-2-1-3-5(4(2)8(11)12)9(13)14-7(3)6;/h4*2-7H,1H2,(H,11,12);/q;;;;+4/p-4. The van der Waals surface area contributed by atoms with Gasteiger partial charge in [0.1, 0.15) is 24.4 Å². The summed E-state index contributed by atoms with van der Waals surface area (Å²) in [4.78, 5) is 89.4. The fourth-order valence-electron chi connectivity index (χ4n) is 13.2. The Balaban J connectivity index is 0.000000106. The molecule has 0 aromatic heterocycles. The van der Waals surface area contributed by atoms with Crippen molar-refractivity contribution in [1.29, 1.82) is 0 Å². The van der Waals surface area contributed by atoms with E-state index in [1.807, 2.05) is 0 Å². The van der Waals surface area contributed by atoms with Gasteiger partial charge in [-0.15, -0.1) is 0 Å². The fourth-order valence-corrected chi connectivity index (χ4v) is 17.4. The normalized spacial score (nSPS) is 52.7. The summed E-state index contributed by atoms with van der Waals surface area (Å²) in [5, 5.41) is 43.7. The van der Waals surface area contributed by atoms with Crippen molar-refractivity contribution in [3.63, 3.8) is 0 Å². The monoisotopic (exact) mass is 1220 g/mol. The third-order valence-electron chi connectivity index (χ3n) is 15.2. The number of fused-ring (bicyclic) bond motifs is 4. The van der Waals surface area contributed by atoms with Gasteiger partial charge in [0.05, 0.1) is 43.0 Å². The number of carboxylic acids is 4. The Morgan fingerprint density at radius 3 is 0.719 bits per heavy atom. The first-order valence-electron chi connectivity index (χ1n) is 18.7. The second-order valence-corrected chi connectivity index (χ2v) is 21.3. The van der Waals surface area contributed by atoms with E-state index in [0.29, 0.717) is 0 Å². The van der Waals surface area contributed by atoms with E-state index in [0.717, 1.165) is 25.7 Å². The van der Waals surface area contributed by atoms with E-state index in [9.17, 15) is 58.8 Å². The summed E-state index contributed by atoms with van der Waals surface area (Å²) >= 11 is 13.7. The first-order valence-corrected chi connectivity index (χ1v) is 22.3. The van der Waals surface area contributed by atoms with Gasteiger partial charge in [-0.05, 0) is 49.4 Å². The summed E-state index contributed by atoms with van der Waals surface area (Å²) in [7, 11) is 0. The average Bonchev–Trinajstić information content (AvgIpc) is 3.98. The summed E-state index contributed by atoms with van der Waals surface area (Å²) in [6.07, 6.45) is 2.68. The van der Waals surface area contributed by atoms with E-state index in [1.54, 1.807) is 0 Å². The number of carbonyl (C=O) groups is 8. The molecule has 0 amide bonds. The molecule has 12 rings (SSSR count). The van der Waals surface area contributed by atoms with E-state index in [-0.39, 0.29) is 141 Å². The molecule has 57 heavy (non-hydrogen) atoms. The Morgan fingerprint density at radius 1 is 0.386 bits per heavy atom. The fraction of sp³-hybridized carbons (Fsp3) is 0.778. The number of rotatable bonds is 4. The molecule has 16 nitrogen and oxygen atoms in total. The number of alkyl halides is 4. The van der Waals surface area contributed by atoms with Crippen molar-refractivity contribution in [2.75, 3.05) is 0 Å². The van der Waals surface area contributed by atoms with Crippen molar-refractivity contribution >= 4 is 111 Å². The van der Waals surface area contributed by atoms with Gasteiger partial charge in [0.15, 0.2) is 0 Å². The first-order chi connectivity index (χ1) is 26.4. The minimum atomic E-state index is -1.11. The molecule has 21 heteroatoms. The average molecular weight is 1220 g/mol. The van der Waals surface area contributed by atoms with Gasteiger partial charge < -0.3 is 58.6 Å². The van der Waals surface area contributed by atoms with E-state index in [2.05, 4.69) is 63.7 Å². The van der Waals surface area contributed by atoms with Crippen LogP contribution in [0.1, 0.15) is 25.7 Å². The Bertz CT molecular complexity index is 1580. The smallest absolute Gasteiger partial charge is 0.550 e. The molecule has 0 spiro atoms. The van der Waals surface area contributed by atoms with Gasteiger partial charge in [0.25, 0.3) is 0 Å². The van der Waals surface area contributed by atoms with Crippen LogP contribution in [-0.2, 0) is 83.1 Å². The van der Waals surface area contributed by atoms with Crippen LogP contribution in [0.15, 0.2) is 0 Å². The third kappa shape index (κ3) is 5.99. The number of aliphatic carboxylic acids is 4. The minimum Gasteiger partial charge on any atom is -0.550 e. The molecule has 0 N–H and O–H groups in total. The Kier molecular flexibility index (Phi) is 11.0. The largest absolute Gasteiger partial charge is 4.00 e. The van der Waals surface area contributed by atoms with Crippen LogP contribution >= 0.6 is 63.7 Å². The molecule has 0 aromatic carbocycles. The maximum atomic E-state index is 11.4. The predicted octanol–water partition coefficient (Wildman–Crippen LogP) is -2.77. The van der Waals surface area contributed by atoms with Crippen LogP contribution in [0, 0.1) is 94.7 Å². The molecule has 0 radical (unpaired) electrons. The number of carbonyl (C=O) groups excluding carboxylic acids is 8. The number of halogens is 4. The van der Waals surface area contributed by atoms with Crippen molar-refractivity contribution in [3.8, 4) is 0 Å². The van der Waals surface area contributed by atoms with Crippen molar-refractivity contribution in [2.24, 2.45) is 94.7 Å². The quantitative estimate of drug-likeness (QED) is 0.119. The van der Waals surface area contributed by atoms with Crippen molar-refractivity contribution < 1.29 is 104 Å². The van der Waals surface area contributed by atoms with Crippen molar-refractivity contribution in [2.45, 2.75) is 69.4 Å². The second kappa shape index (κ2) is 14.9. The molecule has 8 bridgehead atoms. The number of hydrogen-bond acceptors (Lipinski definition) is 16. The molecule has 4 aliphatic heterocycles. The van der Waals surface area contributed by atoms with Crippen LogP contribution in [0.5, 0.6) is 0 Å². The van der Waals surface area contributed by atoms with E-state index in [4.69, 9.17) is 18.9 Å². The van der Waals surface area contributed by atoms with E-state index in [1.165, 1.54) is 0 Å². The third-order valence-corrected chi connectivity index (χ3v) is 20.0. The maximum Gasteiger partial charge on any atom is 4.00 e. The molecule has 8 saturated carbocycles. The Morgan fingerprint density at radius 2 is 0.561 bits per heavy atom. The SMILES string of the molecule is O=C([O-])C1C2CC3C(OC(=O)C31)C2Br.O=C([O-])C1C2CC3C(OC(=O)C31)C2Br.O=C([O-])C1C2CC3C(OC(=O)C31)C2Br.O=C([O-])C1C2CC3C(OC(=O)C31)C2Br.[Hf+4]. The van der Waals surface area contributed by atoms with Crippen LogP contribution in [0.2, 0.25) is 0 Å². The van der Waals surface area contributed by atoms with E-state index >= 15 is 0 Å². The summed E-state index contributed by atoms with van der Waals surface area (Å²) in [5.74, 6) is -9.75. The van der Waals surface area contributed by atoms with Gasteiger partial charge in [-0.3, -0.25) is 19.2 Å². The van der Waals surface area contributed by atoms with E-state index < -0.39 is 71.2 Å². The Labute approximate surface area is 376 Å². The number of carboxylic acid groups (broad SMARTS) is 4. The van der Waals surface area contributed by atoms with Gasteiger partial charge in [-0.25, -0.2) is 0 Å². The maximum absolute atomic E-state index is 11.4. The number of hydrogen-bond donors (Lipinski definition) is 0. The predicted molar refractivity (Wildman–Crippen MR) is 185 cm³/mol. The van der Waals surface area contributed by atoms with Crippen molar-refractivity contribution in [1.82, 2.24) is 0 Å². The van der Waals surface area contributed by atoms with Crippen LogP contribution in [0.3, 0.4) is 0 Å². The van der Waals surface area contributed by atoms with Crippen LogP contribution < -0.4 is 20.4 Å². The number of ether oxygens (including phenoxy) is 4. The molecular weight excluding hydrogens is 1190 g/mol. The summed E-state index contributed by atoms with van der Waals surface area (Å²) in [5.41, 5.74) is 0. The minimum absolute atomic E-state index is 0. The Hall–Kier alpha value is -1.45. The van der Waals surface area contributed by atoms with Crippen molar-refractivity contribution in [3.05, 3.63) is 0 Å². The van der Waals surface area contributed by atoms with Gasteiger partial charge in [0, 0.05) is 71.2 Å². The molecule has 12 fully saturated rings. The summed E-state index contributed by atoms with van der Waals surface area (Å²) in [6.45, 7) is 0. The summed E-state index contributed by atoms with van der Waals surface area (Å²) in [6, 6.07) is 0. The molecule has 24 unspecified atom stereocenters. The molecule has 4 heterocycles. The van der Waals surface area contributed by atoms with Gasteiger partial charge in [-0.1, -0.05) is 63.7 Å². The summed E-state index contributed by atoms with van der Waals surface area (Å²) < 4.78 is 20.6. The van der Waals surface area contributed by atoms with Gasteiger partial charge in [-0.2, -0.15) is 0 Å². The molecule has 8 aliphatic carbocycles. The number of esters is 4. The first kappa shape index (κ1) is 42.2. The van der Waals surface area contributed by atoms with Crippen LogP contribution in [-0.4, -0.2) is 91.5 Å². The molecular formula is C36H32Br4HfO16. The topological polar surface area (TPSA) is 266 Å². The van der Waals surface area contributed by atoms with Crippen LogP contribution in [0.4, 0.5) is 0 Å². The molecule has 4 saturated heterocycles. The zero-order chi connectivity index (χ0) is 40.1.